The van der Waals surface area contributed by atoms with Crippen molar-refractivity contribution in [3.05, 3.63) is 17.5 Å². The highest BCUT2D eigenvalue weighted by Gasteiger charge is 2.19. The van der Waals surface area contributed by atoms with Crippen LogP contribution in [0.3, 0.4) is 0 Å². The van der Waals surface area contributed by atoms with Crippen molar-refractivity contribution in [2.75, 3.05) is 6.61 Å². The van der Waals surface area contributed by atoms with E-state index in [4.69, 9.17) is 4.74 Å². The number of hydrogen-bond donors (Lipinski definition) is 0. The van der Waals surface area contributed by atoms with Crippen LogP contribution in [0.4, 0.5) is 0 Å². The molecular weight excluding hydrogens is 216 g/mol. The molecule has 0 saturated heterocycles. The van der Waals surface area contributed by atoms with Gasteiger partial charge in [-0.2, -0.15) is 0 Å². The van der Waals surface area contributed by atoms with E-state index in [-0.39, 0.29) is 11.2 Å². The Hall–Kier alpha value is -0.480. The van der Waals surface area contributed by atoms with Crippen LogP contribution < -0.4 is 0 Å². The van der Waals surface area contributed by atoms with Crippen LogP contribution in [0.2, 0.25) is 0 Å². The summed E-state index contributed by atoms with van der Waals surface area (Å²) in [5.41, 5.74) is 0. The number of rotatable bonds is 5. The Morgan fingerprint density at radius 2 is 2.43 bits per heavy atom. The molecule has 0 aliphatic rings. The maximum absolute atomic E-state index is 11.5. The first-order valence-corrected chi connectivity index (χ1v) is 6.40. The van der Waals surface area contributed by atoms with Crippen molar-refractivity contribution in [2.45, 2.75) is 29.7 Å². The van der Waals surface area contributed by atoms with Gasteiger partial charge in [-0.15, -0.1) is 23.1 Å². The van der Waals surface area contributed by atoms with Gasteiger partial charge in [0, 0.05) is 0 Å². The molecule has 1 unspecified atom stereocenters. The SMILES string of the molecule is CCOC(=O)C(CC)Sc1cccs1. The number of carbonyl (C=O) groups excluding carboxylic acids is 1. The van der Waals surface area contributed by atoms with Crippen LogP contribution in [0, 0.1) is 0 Å². The van der Waals surface area contributed by atoms with Crippen molar-refractivity contribution in [1.82, 2.24) is 0 Å². The highest BCUT2D eigenvalue weighted by Crippen LogP contribution is 2.29. The highest BCUT2D eigenvalue weighted by molar-refractivity contribution is 8.02. The highest BCUT2D eigenvalue weighted by atomic mass is 32.2. The quantitative estimate of drug-likeness (QED) is 0.574. The number of ether oxygens (including phenoxy) is 1. The minimum Gasteiger partial charge on any atom is -0.465 e. The first kappa shape index (κ1) is 11.6. The summed E-state index contributed by atoms with van der Waals surface area (Å²) in [5, 5.41) is 1.95. The molecule has 0 saturated carbocycles. The van der Waals surface area contributed by atoms with Crippen LogP contribution in [0.1, 0.15) is 20.3 Å². The third kappa shape index (κ3) is 3.35. The van der Waals surface area contributed by atoms with Gasteiger partial charge >= 0.3 is 5.97 Å². The van der Waals surface area contributed by atoms with Crippen LogP contribution in [-0.4, -0.2) is 17.8 Å². The summed E-state index contributed by atoms with van der Waals surface area (Å²) < 4.78 is 6.16. The molecule has 0 aliphatic heterocycles. The van der Waals surface area contributed by atoms with Crippen molar-refractivity contribution < 1.29 is 9.53 Å². The van der Waals surface area contributed by atoms with Gasteiger partial charge in [-0.1, -0.05) is 13.0 Å². The Balaban J connectivity index is 2.50. The smallest absolute Gasteiger partial charge is 0.319 e. The van der Waals surface area contributed by atoms with E-state index in [1.807, 2.05) is 31.4 Å². The van der Waals surface area contributed by atoms with Crippen LogP contribution >= 0.6 is 23.1 Å². The van der Waals surface area contributed by atoms with Gasteiger partial charge in [0.2, 0.25) is 0 Å². The molecule has 0 aliphatic carbocycles. The maximum Gasteiger partial charge on any atom is 0.319 e. The van der Waals surface area contributed by atoms with Gasteiger partial charge in [0.1, 0.15) is 5.25 Å². The van der Waals surface area contributed by atoms with Gasteiger partial charge in [-0.25, -0.2) is 0 Å². The molecule has 78 valence electrons. The fourth-order valence-corrected chi connectivity index (χ4v) is 2.96. The number of thiophene rings is 1. The average molecular weight is 230 g/mol. The second-order valence-corrected chi connectivity index (χ2v) is 5.15. The largest absolute Gasteiger partial charge is 0.465 e. The lowest BCUT2D eigenvalue weighted by Gasteiger charge is -2.11. The molecule has 0 N–H and O–H groups in total. The summed E-state index contributed by atoms with van der Waals surface area (Å²) in [6.07, 6.45) is 0.807. The molecule has 1 rings (SSSR count). The van der Waals surface area contributed by atoms with E-state index in [0.717, 1.165) is 6.42 Å². The van der Waals surface area contributed by atoms with Gasteiger partial charge in [-0.05, 0) is 24.8 Å². The summed E-state index contributed by atoms with van der Waals surface area (Å²) in [7, 11) is 0. The second-order valence-electron chi connectivity index (χ2n) is 2.70. The van der Waals surface area contributed by atoms with Crippen molar-refractivity contribution in [1.29, 1.82) is 0 Å². The van der Waals surface area contributed by atoms with Crippen LogP contribution in [0.5, 0.6) is 0 Å². The van der Waals surface area contributed by atoms with Gasteiger partial charge in [0.05, 0.1) is 10.8 Å². The zero-order valence-corrected chi connectivity index (χ0v) is 9.99. The summed E-state index contributed by atoms with van der Waals surface area (Å²) in [4.78, 5) is 11.5. The molecule has 0 bridgehead atoms. The minimum absolute atomic E-state index is 0.0615. The number of hydrogen-bond acceptors (Lipinski definition) is 4. The number of carbonyl (C=O) groups is 1. The Morgan fingerprint density at radius 1 is 1.64 bits per heavy atom. The molecule has 0 fully saturated rings. The maximum atomic E-state index is 11.5. The first-order chi connectivity index (χ1) is 6.77. The Bertz CT molecular complexity index is 270. The van der Waals surface area contributed by atoms with Crippen molar-refractivity contribution >= 4 is 29.1 Å². The standard InChI is InChI=1S/C10H14O2S2/c1-3-8(10(11)12-4-2)14-9-6-5-7-13-9/h5-8H,3-4H2,1-2H3. The first-order valence-electron chi connectivity index (χ1n) is 4.64. The van der Waals surface area contributed by atoms with Crippen LogP contribution in [0.25, 0.3) is 0 Å². The van der Waals surface area contributed by atoms with E-state index in [2.05, 4.69) is 0 Å². The summed E-state index contributed by atoms with van der Waals surface area (Å²) >= 11 is 3.24. The van der Waals surface area contributed by atoms with E-state index in [1.165, 1.54) is 4.21 Å². The number of thioether (sulfide) groups is 1. The monoisotopic (exact) mass is 230 g/mol. The van der Waals surface area contributed by atoms with E-state index in [1.54, 1.807) is 23.1 Å². The third-order valence-corrected chi connectivity index (χ3v) is 4.09. The lowest BCUT2D eigenvalue weighted by Crippen LogP contribution is -2.19. The summed E-state index contributed by atoms with van der Waals surface area (Å²) in [6, 6.07) is 4.02. The Morgan fingerprint density at radius 3 is 2.93 bits per heavy atom. The predicted octanol–water partition coefficient (Wildman–Crippen LogP) is 3.18. The van der Waals surface area contributed by atoms with Crippen molar-refractivity contribution in [2.24, 2.45) is 0 Å². The molecule has 0 spiro atoms. The van der Waals surface area contributed by atoms with Crippen molar-refractivity contribution in [3.63, 3.8) is 0 Å². The number of esters is 1. The fraction of sp³-hybridized carbons (Fsp3) is 0.500. The molecule has 1 atom stereocenters. The fourth-order valence-electron chi connectivity index (χ4n) is 1.00. The van der Waals surface area contributed by atoms with Gasteiger partial charge in [0.15, 0.2) is 0 Å². The zero-order valence-electron chi connectivity index (χ0n) is 8.36. The van der Waals surface area contributed by atoms with Crippen LogP contribution in [0.15, 0.2) is 21.7 Å². The molecule has 1 aromatic heterocycles. The molecule has 0 radical (unpaired) electrons. The minimum atomic E-state index is -0.103. The van der Waals surface area contributed by atoms with E-state index in [9.17, 15) is 4.79 Å². The molecular formula is C10H14O2S2. The predicted molar refractivity (Wildman–Crippen MR) is 60.9 cm³/mol. The lowest BCUT2D eigenvalue weighted by atomic mass is 10.3. The molecule has 0 aromatic carbocycles. The van der Waals surface area contributed by atoms with E-state index < -0.39 is 0 Å². The summed E-state index contributed by atoms with van der Waals surface area (Å²) in [5.74, 6) is -0.103. The topological polar surface area (TPSA) is 26.3 Å². The lowest BCUT2D eigenvalue weighted by molar-refractivity contribution is -0.142. The van der Waals surface area contributed by atoms with Gasteiger partial charge < -0.3 is 4.74 Å². The average Bonchev–Trinajstić information content (AvgIpc) is 2.66. The second kappa shape index (κ2) is 6.09. The van der Waals surface area contributed by atoms with Crippen LogP contribution in [-0.2, 0) is 9.53 Å². The normalized spacial score (nSPS) is 12.4. The van der Waals surface area contributed by atoms with Gasteiger partial charge in [0.25, 0.3) is 0 Å². The third-order valence-electron chi connectivity index (χ3n) is 1.67. The molecule has 14 heavy (non-hydrogen) atoms. The van der Waals surface area contributed by atoms with Gasteiger partial charge in [-0.3, -0.25) is 4.79 Å². The van der Waals surface area contributed by atoms with Crippen molar-refractivity contribution in [3.8, 4) is 0 Å². The zero-order chi connectivity index (χ0) is 10.4. The molecule has 1 aromatic rings. The Kier molecular flexibility index (Phi) is 5.04. The molecule has 0 amide bonds. The molecule has 4 heteroatoms. The summed E-state index contributed by atoms with van der Waals surface area (Å²) in [6.45, 7) is 4.29. The Labute approximate surface area is 92.7 Å². The molecule has 2 nitrogen and oxygen atoms in total. The van der Waals surface area contributed by atoms with E-state index in [0.29, 0.717) is 6.61 Å². The van der Waals surface area contributed by atoms with E-state index >= 15 is 0 Å². The molecule has 1 heterocycles.